The minimum absolute atomic E-state index is 0.185. The quantitative estimate of drug-likeness (QED) is 0.596. The van der Waals surface area contributed by atoms with Gasteiger partial charge in [-0.3, -0.25) is 4.79 Å². The molecule has 8 nitrogen and oxygen atoms in total. The van der Waals surface area contributed by atoms with Crippen LogP contribution in [0.5, 0.6) is 0 Å². The molecule has 2 atom stereocenters. The van der Waals surface area contributed by atoms with Gasteiger partial charge >= 0.3 is 6.18 Å². The van der Waals surface area contributed by atoms with Crippen molar-refractivity contribution in [2.45, 2.75) is 74.5 Å². The summed E-state index contributed by atoms with van der Waals surface area (Å²) in [6, 6.07) is 6.92. The summed E-state index contributed by atoms with van der Waals surface area (Å²) in [4.78, 5) is 14.1. The Kier molecular flexibility index (Phi) is 6.58. The third-order valence-corrected chi connectivity index (χ3v) is 8.73. The smallest absolute Gasteiger partial charge is 0.343 e. The lowest BCUT2D eigenvalue weighted by atomic mass is 10.1. The van der Waals surface area contributed by atoms with Gasteiger partial charge in [-0.05, 0) is 44.2 Å². The fourth-order valence-electron chi connectivity index (χ4n) is 4.60. The predicted octanol–water partition coefficient (Wildman–Crippen LogP) is 3.46. The predicted molar refractivity (Wildman–Crippen MR) is 126 cm³/mol. The van der Waals surface area contributed by atoms with E-state index in [1.165, 1.54) is 6.07 Å². The molecule has 1 N–H and O–H groups in total. The number of rotatable bonds is 7. The number of carbonyl (C=O) groups is 1. The molecule has 1 saturated carbocycles. The normalized spacial score (nSPS) is 21.4. The Morgan fingerprint density at radius 2 is 1.97 bits per heavy atom. The highest BCUT2D eigenvalue weighted by atomic mass is 32.2. The molecule has 2 aromatic rings. The van der Waals surface area contributed by atoms with Gasteiger partial charge in [-0.15, -0.1) is 0 Å². The molecule has 36 heavy (non-hydrogen) atoms. The average molecular weight is 524 g/mol. The Labute approximate surface area is 208 Å². The fourth-order valence-corrected chi connectivity index (χ4v) is 6.51. The number of anilines is 1. The third-order valence-electron chi connectivity index (χ3n) is 6.54. The van der Waals surface area contributed by atoms with E-state index in [0.717, 1.165) is 18.2 Å². The Morgan fingerprint density at radius 3 is 2.56 bits per heavy atom. The van der Waals surface area contributed by atoms with Crippen LogP contribution in [0, 0.1) is 24.2 Å². The molecule has 2 aliphatic rings. The standard InChI is InChI=1S/C24H28F3N5O3S/c1-15(2)12-32-21(10-16(3)30-32)31-13-17(11-19(31)22(33)29-23(14-28)8-9-23)36(34,35)20-7-5-4-6-18(20)24(25,26)27/h4-7,10,15,17,19H,8-9,11-13H2,1-3H3,(H,29,33)/t17-,19+/m1/s1. The van der Waals surface area contributed by atoms with Crippen LogP contribution in [0.15, 0.2) is 35.2 Å². The van der Waals surface area contributed by atoms with Gasteiger partial charge < -0.3 is 10.2 Å². The number of hydrogen-bond acceptors (Lipinski definition) is 6. The SMILES string of the molecule is Cc1cc(N2C[C@H](S(=O)(=O)c3ccccc3C(F)(F)F)C[C@H]2C(=O)NC2(C#N)CC2)n(CC(C)C)n1. The number of hydrogen-bond donors (Lipinski definition) is 1. The number of alkyl halides is 3. The lowest BCUT2D eigenvalue weighted by Crippen LogP contribution is -2.48. The maximum Gasteiger partial charge on any atom is 0.417 e. The summed E-state index contributed by atoms with van der Waals surface area (Å²) in [5.74, 6) is 0.195. The number of sulfone groups is 1. The topological polar surface area (TPSA) is 108 Å². The molecule has 0 unspecified atom stereocenters. The number of nitrogens with zero attached hydrogens (tertiary/aromatic N) is 4. The first-order valence-corrected chi connectivity index (χ1v) is 13.3. The lowest BCUT2D eigenvalue weighted by Gasteiger charge is -2.27. The number of amides is 1. The van der Waals surface area contributed by atoms with Gasteiger partial charge in [-0.2, -0.15) is 23.5 Å². The number of aryl methyl sites for hydroxylation is 1. The van der Waals surface area contributed by atoms with Crippen molar-refractivity contribution in [1.82, 2.24) is 15.1 Å². The van der Waals surface area contributed by atoms with E-state index in [1.54, 1.807) is 22.6 Å². The monoisotopic (exact) mass is 523 g/mol. The minimum Gasteiger partial charge on any atom is -0.343 e. The number of nitrogens with one attached hydrogen (secondary N) is 1. The molecule has 1 saturated heterocycles. The molecule has 1 aromatic heterocycles. The molecule has 1 aliphatic carbocycles. The van der Waals surface area contributed by atoms with E-state index < -0.39 is 49.2 Å². The Bertz CT molecular complexity index is 1310. The number of carbonyl (C=O) groups excluding carboxylic acids is 1. The van der Waals surface area contributed by atoms with Crippen molar-refractivity contribution in [3.63, 3.8) is 0 Å². The minimum atomic E-state index is -4.85. The molecule has 1 aliphatic heterocycles. The second-order valence-corrected chi connectivity index (χ2v) is 12.2. The molecular formula is C24H28F3N5O3S. The summed E-state index contributed by atoms with van der Waals surface area (Å²) in [6.07, 6.45) is -4.08. The summed E-state index contributed by atoms with van der Waals surface area (Å²) in [6.45, 7) is 6.06. The summed E-state index contributed by atoms with van der Waals surface area (Å²) in [7, 11) is -4.46. The van der Waals surface area contributed by atoms with Gasteiger partial charge in [-0.1, -0.05) is 26.0 Å². The van der Waals surface area contributed by atoms with Gasteiger partial charge in [0.2, 0.25) is 5.91 Å². The Hall–Kier alpha value is -3.07. The van der Waals surface area contributed by atoms with Crippen LogP contribution in [-0.4, -0.2) is 47.5 Å². The van der Waals surface area contributed by atoms with E-state index in [4.69, 9.17) is 0 Å². The van der Waals surface area contributed by atoms with Crippen molar-refractivity contribution in [3.05, 3.63) is 41.6 Å². The van der Waals surface area contributed by atoms with Crippen LogP contribution in [0.2, 0.25) is 0 Å². The maximum absolute atomic E-state index is 13.6. The third kappa shape index (κ3) is 4.93. The number of halogens is 3. The summed E-state index contributed by atoms with van der Waals surface area (Å²) >= 11 is 0. The van der Waals surface area contributed by atoms with Crippen molar-refractivity contribution in [2.24, 2.45) is 5.92 Å². The summed E-state index contributed by atoms with van der Waals surface area (Å²) in [5, 5.41) is 15.4. The van der Waals surface area contributed by atoms with Gasteiger partial charge in [0.15, 0.2) is 9.84 Å². The first kappa shape index (κ1) is 26.0. The number of aromatic nitrogens is 2. The van der Waals surface area contributed by atoms with Crippen LogP contribution in [-0.2, 0) is 27.4 Å². The second kappa shape index (κ2) is 9.10. The first-order chi connectivity index (χ1) is 16.8. The average Bonchev–Trinajstić information content (AvgIpc) is 3.25. The zero-order valence-electron chi connectivity index (χ0n) is 20.2. The highest BCUT2D eigenvalue weighted by Gasteiger charge is 2.50. The molecule has 2 fully saturated rings. The molecule has 2 heterocycles. The zero-order valence-corrected chi connectivity index (χ0v) is 21.0. The van der Waals surface area contributed by atoms with Gasteiger partial charge in [-0.25, -0.2) is 13.1 Å². The second-order valence-electron chi connectivity index (χ2n) is 9.97. The fraction of sp³-hybridized carbons (Fsp3) is 0.542. The molecule has 0 spiro atoms. The highest BCUT2D eigenvalue weighted by Crippen LogP contribution is 2.40. The van der Waals surface area contributed by atoms with E-state index in [-0.39, 0.29) is 18.9 Å². The van der Waals surface area contributed by atoms with E-state index in [1.807, 2.05) is 13.8 Å². The van der Waals surface area contributed by atoms with Crippen LogP contribution in [0.25, 0.3) is 0 Å². The Morgan fingerprint density at radius 1 is 1.31 bits per heavy atom. The summed E-state index contributed by atoms with van der Waals surface area (Å²) in [5.41, 5.74) is -1.54. The van der Waals surface area contributed by atoms with Gasteiger partial charge in [0.05, 0.1) is 27.5 Å². The molecule has 1 aromatic carbocycles. The molecule has 4 rings (SSSR count). The maximum atomic E-state index is 13.6. The van der Waals surface area contributed by atoms with Crippen LogP contribution >= 0.6 is 0 Å². The van der Waals surface area contributed by atoms with Crippen molar-refractivity contribution in [1.29, 1.82) is 5.26 Å². The van der Waals surface area contributed by atoms with Crippen molar-refractivity contribution >= 4 is 21.6 Å². The van der Waals surface area contributed by atoms with Crippen LogP contribution in [0.3, 0.4) is 0 Å². The molecular weight excluding hydrogens is 495 g/mol. The van der Waals surface area contributed by atoms with Crippen molar-refractivity contribution in [3.8, 4) is 6.07 Å². The molecule has 194 valence electrons. The van der Waals surface area contributed by atoms with Gasteiger partial charge in [0.25, 0.3) is 0 Å². The van der Waals surface area contributed by atoms with Gasteiger partial charge in [0, 0.05) is 19.2 Å². The zero-order chi connectivity index (χ0) is 26.5. The Balaban J connectivity index is 1.74. The first-order valence-electron chi connectivity index (χ1n) is 11.7. The summed E-state index contributed by atoms with van der Waals surface area (Å²) < 4.78 is 69.7. The van der Waals surface area contributed by atoms with Crippen LogP contribution < -0.4 is 10.2 Å². The van der Waals surface area contributed by atoms with E-state index in [2.05, 4.69) is 16.5 Å². The largest absolute Gasteiger partial charge is 0.417 e. The van der Waals surface area contributed by atoms with E-state index >= 15 is 0 Å². The molecule has 0 radical (unpaired) electrons. The molecule has 12 heteroatoms. The van der Waals surface area contributed by atoms with E-state index in [0.29, 0.717) is 30.9 Å². The van der Waals surface area contributed by atoms with Crippen molar-refractivity contribution in [2.75, 3.05) is 11.4 Å². The van der Waals surface area contributed by atoms with Crippen molar-refractivity contribution < 1.29 is 26.4 Å². The molecule has 0 bridgehead atoms. The van der Waals surface area contributed by atoms with E-state index in [9.17, 15) is 31.6 Å². The van der Waals surface area contributed by atoms with Crippen LogP contribution in [0.1, 0.15) is 44.4 Å². The number of benzene rings is 1. The lowest BCUT2D eigenvalue weighted by molar-refractivity contribution is -0.139. The van der Waals surface area contributed by atoms with Gasteiger partial charge in [0.1, 0.15) is 17.4 Å². The molecule has 1 amide bonds. The number of nitriles is 1. The highest BCUT2D eigenvalue weighted by molar-refractivity contribution is 7.92. The van der Waals surface area contributed by atoms with Crippen LogP contribution in [0.4, 0.5) is 19.0 Å².